The molecule has 1 N–H and O–H groups in total. The molecule has 0 saturated carbocycles. The van der Waals surface area contributed by atoms with Gasteiger partial charge in [-0.25, -0.2) is 8.78 Å². The number of carbonyl (C=O) groups is 1. The molecule has 1 unspecified atom stereocenters. The number of rotatable bonds is 6. The summed E-state index contributed by atoms with van der Waals surface area (Å²) in [5, 5.41) is 6.51. The molecule has 3 aromatic rings. The first-order valence-corrected chi connectivity index (χ1v) is 8.37. The SMILES string of the molecule is Cc1cc(NC(=O)C(c2ccccc2)N(C)Cc2ccc(F)c(F)c2)no1. The molecule has 140 valence electrons. The van der Waals surface area contributed by atoms with Crippen LogP contribution in [0, 0.1) is 18.6 Å². The standard InChI is InChI=1S/C20H19F2N3O2/c1-13-10-18(24-27-13)23-20(26)19(15-6-4-3-5-7-15)25(2)12-14-8-9-16(21)17(22)11-14/h3-11,19H,12H2,1-2H3,(H,23,24,26). The molecule has 1 atom stereocenters. The van der Waals surface area contributed by atoms with Gasteiger partial charge in [0.1, 0.15) is 11.8 Å². The van der Waals surface area contributed by atoms with Gasteiger partial charge in [-0.15, -0.1) is 0 Å². The third-order valence-corrected chi connectivity index (χ3v) is 4.10. The van der Waals surface area contributed by atoms with E-state index < -0.39 is 17.7 Å². The maximum atomic E-state index is 13.5. The Bertz CT molecular complexity index is 928. The summed E-state index contributed by atoms with van der Waals surface area (Å²) in [4.78, 5) is 14.7. The van der Waals surface area contributed by atoms with Crippen molar-refractivity contribution in [1.82, 2.24) is 10.1 Å². The van der Waals surface area contributed by atoms with E-state index in [2.05, 4.69) is 10.5 Å². The molecule has 1 amide bonds. The van der Waals surface area contributed by atoms with Gasteiger partial charge in [0, 0.05) is 12.6 Å². The van der Waals surface area contributed by atoms with Crippen LogP contribution in [0.3, 0.4) is 0 Å². The lowest BCUT2D eigenvalue weighted by Gasteiger charge is -2.27. The fraction of sp³-hybridized carbons (Fsp3) is 0.200. The number of hydrogen-bond donors (Lipinski definition) is 1. The molecule has 5 nitrogen and oxygen atoms in total. The Morgan fingerprint density at radius 1 is 1.15 bits per heavy atom. The van der Waals surface area contributed by atoms with Crippen LogP contribution in [-0.4, -0.2) is 23.0 Å². The number of anilines is 1. The van der Waals surface area contributed by atoms with Crippen molar-refractivity contribution >= 4 is 11.7 Å². The number of halogens is 2. The topological polar surface area (TPSA) is 58.4 Å². The number of aromatic nitrogens is 1. The lowest BCUT2D eigenvalue weighted by atomic mass is 10.0. The van der Waals surface area contributed by atoms with Crippen LogP contribution in [0.2, 0.25) is 0 Å². The number of hydrogen-bond acceptors (Lipinski definition) is 4. The fourth-order valence-electron chi connectivity index (χ4n) is 2.88. The summed E-state index contributed by atoms with van der Waals surface area (Å²) in [6, 6.07) is 13.9. The van der Waals surface area contributed by atoms with Crippen LogP contribution >= 0.6 is 0 Å². The highest BCUT2D eigenvalue weighted by Crippen LogP contribution is 2.24. The maximum Gasteiger partial charge on any atom is 0.247 e. The molecular formula is C20H19F2N3O2. The highest BCUT2D eigenvalue weighted by molar-refractivity contribution is 5.94. The highest BCUT2D eigenvalue weighted by Gasteiger charge is 2.26. The first kappa shape index (κ1) is 18.7. The molecule has 27 heavy (non-hydrogen) atoms. The van der Waals surface area contributed by atoms with Crippen LogP contribution in [0.25, 0.3) is 0 Å². The van der Waals surface area contributed by atoms with E-state index in [0.29, 0.717) is 17.1 Å². The van der Waals surface area contributed by atoms with Crippen molar-refractivity contribution in [2.45, 2.75) is 19.5 Å². The van der Waals surface area contributed by atoms with Crippen LogP contribution in [-0.2, 0) is 11.3 Å². The second-order valence-electron chi connectivity index (χ2n) is 6.29. The quantitative estimate of drug-likeness (QED) is 0.710. The van der Waals surface area contributed by atoms with Crippen LogP contribution in [0.5, 0.6) is 0 Å². The third kappa shape index (κ3) is 4.57. The summed E-state index contributed by atoms with van der Waals surface area (Å²) in [7, 11) is 1.74. The minimum Gasteiger partial charge on any atom is -0.360 e. The first-order chi connectivity index (χ1) is 12.9. The Morgan fingerprint density at radius 2 is 1.89 bits per heavy atom. The molecule has 0 aliphatic rings. The summed E-state index contributed by atoms with van der Waals surface area (Å²) in [6.07, 6.45) is 0. The second-order valence-corrected chi connectivity index (χ2v) is 6.29. The fourth-order valence-corrected chi connectivity index (χ4v) is 2.88. The van der Waals surface area contributed by atoms with Crippen molar-refractivity contribution in [3.05, 3.63) is 83.1 Å². The Hall–Kier alpha value is -3.06. The molecule has 0 bridgehead atoms. The molecule has 0 aliphatic heterocycles. The molecule has 0 aliphatic carbocycles. The smallest absolute Gasteiger partial charge is 0.247 e. The molecule has 0 saturated heterocycles. The highest BCUT2D eigenvalue weighted by atomic mass is 19.2. The predicted molar refractivity (Wildman–Crippen MR) is 96.9 cm³/mol. The average molecular weight is 371 g/mol. The number of carbonyl (C=O) groups excluding carboxylic acids is 1. The molecule has 1 aromatic heterocycles. The Morgan fingerprint density at radius 3 is 2.52 bits per heavy atom. The van der Waals surface area contributed by atoms with Gasteiger partial charge in [-0.2, -0.15) is 0 Å². The van der Waals surface area contributed by atoms with E-state index in [1.54, 1.807) is 24.9 Å². The Labute approximate surface area is 155 Å². The number of nitrogens with one attached hydrogen (secondary N) is 1. The van der Waals surface area contributed by atoms with Gasteiger partial charge in [0.2, 0.25) is 5.91 Å². The molecule has 0 radical (unpaired) electrons. The molecule has 7 heteroatoms. The van der Waals surface area contributed by atoms with Crippen LogP contribution in [0.15, 0.2) is 59.1 Å². The van der Waals surface area contributed by atoms with Crippen LogP contribution < -0.4 is 5.32 Å². The normalized spacial score (nSPS) is 12.2. The minimum absolute atomic E-state index is 0.252. The monoisotopic (exact) mass is 371 g/mol. The number of nitrogens with zero attached hydrogens (tertiary/aromatic N) is 2. The summed E-state index contributed by atoms with van der Waals surface area (Å²) < 4.78 is 31.7. The average Bonchev–Trinajstić information content (AvgIpc) is 3.04. The lowest BCUT2D eigenvalue weighted by molar-refractivity contribution is -0.121. The number of likely N-dealkylation sites (N-methyl/N-ethyl adjacent to an activating group) is 1. The van der Waals surface area contributed by atoms with Crippen molar-refractivity contribution < 1.29 is 18.1 Å². The summed E-state index contributed by atoms with van der Waals surface area (Å²) in [6.45, 7) is 1.98. The largest absolute Gasteiger partial charge is 0.360 e. The predicted octanol–water partition coefficient (Wildman–Crippen LogP) is 4.07. The van der Waals surface area contributed by atoms with E-state index in [4.69, 9.17) is 4.52 Å². The molecule has 3 rings (SSSR count). The minimum atomic E-state index is -0.917. The van der Waals surface area contributed by atoms with Crippen molar-refractivity contribution in [3.8, 4) is 0 Å². The summed E-state index contributed by atoms with van der Waals surface area (Å²) >= 11 is 0. The van der Waals surface area contributed by atoms with Crippen LogP contribution in [0.1, 0.15) is 22.9 Å². The van der Waals surface area contributed by atoms with Gasteiger partial charge >= 0.3 is 0 Å². The zero-order valence-corrected chi connectivity index (χ0v) is 14.9. The van der Waals surface area contributed by atoms with E-state index in [9.17, 15) is 13.6 Å². The second kappa shape index (κ2) is 8.09. The molecule has 0 spiro atoms. The maximum absolute atomic E-state index is 13.5. The number of aryl methyl sites for hydroxylation is 1. The van der Waals surface area contributed by atoms with Crippen molar-refractivity contribution in [2.24, 2.45) is 0 Å². The van der Waals surface area contributed by atoms with Gasteiger partial charge in [-0.05, 0) is 37.2 Å². The Balaban J connectivity index is 1.84. The van der Waals surface area contributed by atoms with Crippen molar-refractivity contribution in [3.63, 3.8) is 0 Å². The van der Waals surface area contributed by atoms with Gasteiger partial charge in [0.05, 0.1) is 0 Å². The molecule has 0 fully saturated rings. The molecular weight excluding hydrogens is 352 g/mol. The zero-order valence-electron chi connectivity index (χ0n) is 14.9. The Kier molecular flexibility index (Phi) is 5.61. The van der Waals surface area contributed by atoms with Crippen LogP contribution in [0.4, 0.5) is 14.6 Å². The third-order valence-electron chi connectivity index (χ3n) is 4.10. The van der Waals surface area contributed by atoms with Gasteiger partial charge in [-0.1, -0.05) is 41.6 Å². The summed E-state index contributed by atoms with van der Waals surface area (Å²) in [5.74, 6) is -1.23. The lowest BCUT2D eigenvalue weighted by Crippen LogP contribution is -2.34. The van der Waals surface area contributed by atoms with E-state index in [-0.39, 0.29) is 12.5 Å². The van der Waals surface area contributed by atoms with Gasteiger partial charge < -0.3 is 9.84 Å². The van der Waals surface area contributed by atoms with Gasteiger partial charge in [0.25, 0.3) is 0 Å². The summed E-state index contributed by atoms with van der Waals surface area (Å²) in [5.41, 5.74) is 1.32. The van der Waals surface area contributed by atoms with Crippen molar-refractivity contribution in [1.29, 1.82) is 0 Å². The first-order valence-electron chi connectivity index (χ1n) is 8.37. The molecule has 2 aromatic carbocycles. The van der Waals surface area contributed by atoms with E-state index in [1.165, 1.54) is 6.07 Å². The van der Waals surface area contributed by atoms with E-state index >= 15 is 0 Å². The van der Waals surface area contributed by atoms with E-state index in [0.717, 1.165) is 17.7 Å². The van der Waals surface area contributed by atoms with Gasteiger partial charge in [-0.3, -0.25) is 9.69 Å². The zero-order chi connectivity index (χ0) is 19.4. The van der Waals surface area contributed by atoms with E-state index in [1.807, 2.05) is 30.3 Å². The number of amides is 1. The van der Waals surface area contributed by atoms with Crippen molar-refractivity contribution in [2.75, 3.05) is 12.4 Å². The molecule has 1 heterocycles. The van der Waals surface area contributed by atoms with Gasteiger partial charge in [0.15, 0.2) is 17.5 Å². The number of benzene rings is 2.